The average molecular weight is 272 g/mol. The highest BCUT2D eigenvalue weighted by Gasteiger charge is 2.48. The van der Waals surface area contributed by atoms with E-state index in [9.17, 15) is 4.79 Å². The van der Waals surface area contributed by atoms with Crippen molar-refractivity contribution in [1.29, 1.82) is 0 Å². The van der Waals surface area contributed by atoms with Gasteiger partial charge in [-0.15, -0.1) is 0 Å². The Morgan fingerprint density at radius 3 is 2.25 bits per heavy atom. The Morgan fingerprint density at radius 2 is 1.80 bits per heavy atom. The Kier molecular flexibility index (Phi) is 3.55. The predicted octanol–water partition coefficient (Wildman–Crippen LogP) is 1.99. The number of carbonyl (C=O) groups excluding carboxylic acids is 1. The standard InChI is InChI=1S/C17H24N2O/c1-13-10-17(11-13,12-18)16(20)19-8-6-14-4-2-3-5-15(14)7-9-19/h2-5,13H,6-12,18H2,1H3. The molecule has 1 aromatic rings. The number of benzene rings is 1. The molecule has 3 heteroatoms. The molecule has 0 atom stereocenters. The molecule has 108 valence electrons. The molecule has 20 heavy (non-hydrogen) atoms. The quantitative estimate of drug-likeness (QED) is 0.895. The van der Waals surface area contributed by atoms with Crippen LogP contribution in [-0.4, -0.2) is 30.4 Å². The van der Waals surface area contributed by atoms with Gasteiger partial charge in [0, 0.05) is 19.6 Å². The maximum atomic E-state index is 12.8. The third kappa shape index (κ3) is 2.24. The second-order valence-corrected chi connectivity index (χ2v) is 6.56. The van der Waals surface area contributed by atoms with Crippen LogP contribution in [0.4, 0.5) is 0 Å². The van der Waals surface area contributed by atoms with Gasteiger partial charge in [0.1, 0.15) is 0 Å². The topological polar surface area (TPSA) is 46.3 Å². The number of nitrogens with two attached hydrogens (primary N) is 1. The largest absolute Gasteiger partial charge is 0.342 e. The van der Waals surface area contributed by atoms with Crippen LogP contribution in [0.3, 0.4) is 0 Å². The molecule has 2 aliphatic rings. The van der Waals surface area contributed by atoms with Gasteiger partial charge in [0.2, 0.25) is 5.91 Å². The van der Waals surface area contributed by atoms with Crippen LogP contribution in [0.15, 0.2) is 24.3 Å². The van der Waals surface area contributed by atoms with Crippen molar-refractivity contribution >= 4 is 5.91 Å². The van der Waals surface area contributed by atoms with E-state index in [4.69, 9.17) is 5.73 Å². The van der Waals surface area contributed by atoms with Crippen molar-refractivity contribution in [2.75, 3.05) is 19.6 Å². The molecule has 0 unspecified atom stereocenters. The maximum Gasteiger partial charge on any atom is 0.230 e. The first kappa shape index (κ1) is 13.6. The van der Waals surface area contributed by atoms with Crippen LogP contribution in [0, 0.1) is 11.3 Å². The SMILES string of the molecule is CC1CC(CN)(C(=O)N2CCc3ccccc3CC2)C1. The number of hydrogen-bond acceptors (Lipinski definition) is 2. The Bertz CT molecular complexity index is 478. The molecular formula is C17H24N2O. The van der Waals surface area contributed by atoms with E-state index < -0.39 is 0 Å². The number of carbonyl (C=O) groups is 1. The molecule has 1 fully saturated rings. The zero-order valence-corrected chi connectivity index (χ0v) is 12.3. The fraction of sp³-hybridized carbons (Fsp3) is 0.588. The summed E-state index contributed by atoms with van der Waals surface area (Å²) in [5, 5.41) is 0. The highest BCUT2D eigenvalue weighted by molar-refractivity contribution is 5.84. The summed E-state index contributed by atoms with van der Waals surface area (Å²) in [5.41, 5.74) is 8.45. The van der Waals surface area contributed by atoms with E-state index in [0.29, 0.717) is 18.4 Å². The smallest absolute Gasteiger partial charge is 0.230 e. The van der Waals surface area contributed by atoms with E-state index in [2.05, 4.69) is 36.1 Å². The summed E-state index contributed by atoms with van der Waals surface area (Å²) in [6.45, 7) is 4.39. The lowest BCUT2D eigenvalue weighted by Gasteiger charge is -2.46. The lowest BCUT2D eigenvalue weighted by molar-refractivity contribution is -0.149. The summed E-state index contributed by atoms with van der Waals surface area (Å²) >= 11 is 0. The van der Waals surface area contributed by atoms with Crippen LogP contribution in [0.5, 0.6) is 0 Å². The van der Waals surface area contributed by atoms with Crippen LogP contribution >= 0.6 is 0 Å². The van der Waals surface area contributed by atoms with Crippen molar-refractivity contribution in [3.63, 3.8) is 0 Å². The third-order valence-corrected chi connectivity index (χ3v) is 5.03. The molecule has 0 radical (unpaired) electrons. The summed E-state index contributed by atoms with van der Waals surface area (Å²) in [6.07, 6.45) is 3.87. The maximum absolute atomic E-state index is 12.8. The first-order valence-electron chi connectivity index (χ1n) is 7.71. The number of amides is 1. The Morgan fingerprint density at radius 1 is 1.25 bits per heavy atom. The molecule has 3 rings (SSSR count). The van der Waals surface area contributed by atoms with E-state index in [1.165, 1.54) is 11.1 Å². The molecule has 3 nitrogen and oxygen atoms in total. The monoisotopic (exact) mass is 272 g/mol. The minimum atomic E-state index is -0.254. The van der Waals surface area contributed by atoms with Gasteiger partial charge in [0.15, 0.2) is 0 Å². The lowest BCUT2D eigenvalue weighted by Crippen LogP contribution is -2.55. The number of fused-ring (bicyclic) bond motifs is 1. The van der Waals surface area contributed by atoms with Crippen molar-refractivity contribution in [3.8, 4) is 0 Å². The molecule has 1 aromatic carbocycles. The van der Waals surface area contributed by atoms with Crippen molar-refractivity contribution < 1.29 is 4.79 Å². The van der Waals surface area contributed by atoms with E-state index in [0.717, 1.165) is 38.8 Å². The van der Waals surface area contributed by atoms with Crippen LogP contribution in [-0.2, 0) is 17.6 Å². The fourth-order valence-corrected chi connectivity index (χ4v) is 3.91. The molecule has 1 heterocycles. The van der Waals surface area contributed by atoms with Gasteiger partial charge in [-0.3, -0.25) is 4.79 Å². The molecule has 2 N–H and O–H groups in total. The van der Waals surface area contributed by atoms with E-state index in [-0.39, 0.29) is 5.41 Å². The molecular weight excluding hydrogens is 248 g/mol. The summed E-state index contributed by atoms with van der Waals surface area (Å²) < 4.78 is 0. The van der Waals surface area contributed by atoms with E-state index in [1.807, 2.05) is 0 Å². The van der Waals surface area contributed by atoms with Crippen LogP contribution in [0.25, 0.3) is 0 Å². The van der Waals surface area contributed by atoms with Gasteiger partial charge in [0.25, 0.3) is 0 Å². The molecule has 0 bridgehead atoms. The number of hydrogen-bond donors (Lipinski definition) is 1. The first-order chi connectivity index (χ1) is 9.64. The van der Waals surface area contributed by atoms with Crippen molar-refractivity contribution in [1.82, 2.24) is 4.90 Å². The van der Waals surface area contributed by atoms with Crippen LogP contribution in [0.2, 0.25) is 0 Å². The predicted molar refractivity (Wildman–Crippen MR) is 80.3 cm³/mol. The lowest BCUT2D eigenvalue weighted by atomic mass is 9.62. The molecule has 1 aliphatic carbocycles. The first-order valence-corrected chi connectivity index (χ1v) is 7.71. The Hall–Kier alpha value is -1.35. The fourth-order valence-electron chi connectivity index (χ4n) is 3.91. The second-order valence-electron chi connectivity index (χ2n) is 6.56. The van der Waals surface area contributed by atoms with Crippen LogP contribution in [0.1, 0.15) is 30.9 Å². The molecule has 0 spiro atoms. The summed E-state index contributed by atoms with van der Waals surface area (Å²) in [7, 11) is 0. The third-order valence-electron chi connectivity index (χ3n) is 5.03. The zero-order valence-electron chi connectivity index (χ0n) is 12.3. The Balaban J connectivity index is 1.72. The van der Waals surface area contributed by atoms with E-state index in [1.54, 1.807) is 0 Å². The van der Waals surface area contributed by atoms with Gasteiger partial charge < -0.3 is 10.6 Å². The minimum Gasteiger partial charge on any atom is -0.342 e. The van der Waals surface area contributed by atoms with Gasteiger partial charge in [0.05, 0.1) is 5.41 Å². The van der Waals surface area contributed by atoms with Gasteiger partial charge in [-0.05, 0) is 42.7 Å². The molecule has 1 saturated carbocycles. The average Bonchev–Trinajstić information content (AvgIpc) is 2.65. The van der Waals surface area contributed by atoms with Gasteiger partial charge in [-0.2, -0.15) is 0 Å². The summed E-state index contributed by atoms with van der Waals surface area (Å²) in [5.74, 6) is 0.942. The molecule has 0 saturated heterocycles. The Labute approximate surface area is 121 Å². The van der Waals surface area contributed by atoms with Crippen molar-refractivity contribution in [2.45, 2.75) is 32.6 Å². The van der Waals surface area contributed by atoms with Crippen molar-refractivity contribution in [2.24, 2.45) is 17.1 Å². The summed E-state index contributed by atoms with van der Waals surface area (Å²) in [4.78, 5) is 14.9. The molecule has 0 aromatic heterocycles. The number of nitrogens with zero attached hydrogens (tertiary/aromatic N) is 1. The second kappa shape index (κ2) is 5.21. The summed E-state index contributed by atoms with van der Waals surface area (Å²) in [6, 6.07) is 8.55. The molecule has 1 amide bonds. The highest BCUT2D eigenvalue weighted by Crippen LogP contribution is 2.46. The van der Waals surface area contributed by atoms with Gasteiger partial charge in [-0.25, -0.2) is 0 Å². The van der Waals surface area contributed by atoms with Crippen molar-refractivity contribution in [3.05, 3.63) is 35.4 Å². The molecule has 1 aliphatic heterocycles. The minimum absolute atomic E-state index is 0.254. The van der Waals surface area contributed by atoms with Crippen LogP contribution < -0.4 is 5.73 Å². The van der Waals surface area contributed by atoms with E-state index >= 15 is 0 Å². The number of rotatable bonds is 2. The van der Waals surface area contributed by atoms with Gasteiger partial charge >= 0.3 is 0 Å². The normalized spacial score (nSPS) is 29.3. The highest BCUT2D eigenvalue weighted by atomic mass is 16.2. The zero-order chi connectivity index (χ0) is 14.2. The van der Waals surface area contributed by atoms with Gasteiger partial charge in [-0.1, -0.05) is 31.2 Å².